The maximum Gasteiger partial charge on any atom is 0.293 e. The van der Waals surface area contributed by atoms with E-state index in [1.54, 1.807) is 22.7 Å². The highest BCUT2D eigenvalue weighted by atomic mass is 16.5. The Morgan fingerprint density at radius 1 is 1.00 bits per heavy atom. The summed E-state index contributed by atoms with van der Waals surface area (Å²) in [5.74, 6) is 0.270. The fourth-order valence-electron chi connectivity index (χ4n) is 9.58. The van der Waals surface area contributed by atoms with Gasteiger partial charge in [0.25, 0.3) is 11.5 Å². The average molecular weight is 774 g/mol. The van der Waals surface area contributed by atoms with E-state index in [1.807, 2.05) is 24.3 Å². The van der Waals surface area contributed by atoms with Gasteiger partial charge in [-0.1, -0.05) is 20.4 Å². The van der Waals surface area contributed by atoms with Crippen LogP contribution in [-0.2, 0) is 53.9 Å². The third kappa shape index (κ3) is 6.72. The lowest BCUT2D eigenvalue weighted by molar-refractivity contribution is -0.111. The first-order valence-electron chi connectivity index (χ1n) is 20.1. The van der Waals surface area contributed by atoms with E-state index in [2.05, 4.69) is 58.4 Å². The lowest BCUT2D eigenvalue weighted by Gasteiger charge is -2.45. The zero-order valence-corrected chi connectivity index (χ0v) is 33.3. The van der Waals surface area contributed by atoms with Crippen LogP contribution in [0.3, 0.4) is 0 Å². The molecule has 0 bridgehead atoms. The molecule has 7 heterocycles. The van der Waals surface area contributed by atoms with Crippen molar-refractivity contribution >= 4 is 40.5 Å². The Kier molecular flexibility index (Phi) is 9.53. The van der Waals surface area contributed by atoms with E-state index in [-0.39, 0.29) is 47.9 Å². The SMILES string of the molecule is C=CC(=O)Nc1cc(Nc2nc3c(n(C)c2=O)COCc2c-3ccnc2N2CCn3c(cc4c3CC(C)(C)C4)C2=O)ccc1N1CCN(C2CCOCC2)C[C@@H]1C. The van der Waals surface area contributed by atoms with E-state index in [9.17, 15) is 14.4 Å². The number of ether oxygens (including phenoxy) is 2. The topological polar surface area (TPSA) is 139 Å². The number of piperazine rings is 1. The van der Waals surface area contributed by atoms with Crippen molar-refractivity contribution < 1.29 is 19.1 Å². The van der Waals surface area contributed by atoms with Crippen molar-refractivity contribution in [1.82, 2.24) is 24.0 Å². The summed E-state index contributed by atoms with van der Waals surface area (Å²) in [6, 6.07) is 10.4. The molecule has 0 unspecified atom stereocenters. The molecule has 14 nitrogen and oxygen atoms in total. The number of rotatable bonds is 7. The molecule has 1 aliphatic carbocycles. The monoisotopic (exact) mass is 773 g/mol. The second-order valence-electron chi connectivity index (χ2n) is 16.8. The molecule has 2 amide bonds. The third-order valence-electron chi connectivity index (χ3n) is 12.4. The fraction of sp³-hybridized carbons (Fsp3) is 0.465. The van der Waals surface area contributed by atoms with Crippen molar-refractivity contribution in [3.8, 4) is 11.3 Å². The van der Waals surface area contributed by atoms with Crippen molar-refractivity contribution in [2.24, 2.45) is 12.5 Å². The van der Waals surface area contributed by atoms with Gasteiger partial charge in [0.2, 0.25) is 5.91 Å². The van der Waals surface area contributed by atoms with Gasteiger partial charge in [-0.2, -0.15) is 0 Å². The van der Waals surface area contributed by atoms with Crippen LogP contribution < -0.4 is 26.0 Å². The minimum absolute atomic E-state index is 0.0759. The van der Waals surface area contributed by atoms with Crippen LogP contribution in [0.4, 0.5) is 28.7 Å². The molecule has 57 heavy (non-hydrogen) atoms. The summed E-state index contributed by atoms with van der Waals surface area (Å²) in [4.78, 5) is 57.1. The Hall–Kier alpha value is -5.31. The number of carbonyl (C=O) groups excluding carboxylic acids is 2. The van der Waals surface area contributed by atoms with Crippen LogP contribution in [-0.4, -0.2) is 87.3 Å². The second kappa shape index (κ2) is 14.6. The Morgan fingerprint density at radius 2 is 1.82 bits per heavy atom. The van der Waals surface area contributed by atoms with E-state index in [0.717, 1.165) is 75.3 Å². The molecule has 9 rings (SSSR count). The van der Waals surface area contributed by atoms with Crippen molar-refractivity contribution in [2.75, 3.05) is 59.8 Å². The molecule has 2 N–H and O–H groups in total. The number of hydrogen-bond donors (Lipinski definition) is 2. The van der Waals surface area contributed by atoms with Crippen LogP contribution in [0, 0.1) is 5.41 Å². The van der Waals surface area contributed by atoms with E-state index < -0.39 is 0 Å². The summed E-state index contributed by atoms with van der Waals surface area (Å²) in [5, 5.41) is 6.28. The molecule has 3 aromatic heterocycles. The first kappa shape index (κ1) is 37.3. The maximum atomic E-state index is 14.1. The van der Waals surface area contributed by atoms with E-state index in [1.165, 1.54) is 17.3 Å². The van der Waals surface area contributed by atoms with Crippen LogP contribution in [0.15, 0.2) is 54.0 Å². The van der Waals surface area contributed by atoms with E-state index >= 15 is 0 Å². The second-order valence-corrected chi connectivity index (χ2v) is 16.8. The number of benzene rings is 1. The number of fused-ring (bicyclic) bond motifs is 6. The number of nitrogens with zero attached hydrogens (tertiary/aromatic N) is 7. The first-order chi connectivity index (χ1) is 27.5. The van der Waals surface area contributed by atoms with Gasteiger partial charge in [-0.3, -0.25) is 24.2 Å². The lowest BCUT2D eigenvalue weighted by atomic mass is 9.90. The van der Waals surface area contributed by atoms with Gasteiger partial charge < -0.3 is 34.1 Å². The van der Waals surface area contributed by atoms with Crippen LogP contribution in [0.5, 0.6) is 0 Å². The van der Waals surface area contributed by atoms with Crippen molar-refractivity contribution in [1.29, 1.82) is 0 Å². The number of hydrogen-bond acceptors (Lipinski definition) is 10. The van der Waals surface area contributed by atoms with E-state index in [0.29, 0.717) is 53.4 Å². The van der Waals surface area contributed by atoms with Gasteiger partial charge in [0.15, 0.2) is 5.82 Å². The largest absolute Gasteiger partial charge is 0.381 e. The number of anilines is 5. The molecular formula is C43H51N9O5. The average Bonchev–Trinajstić information content (AvgIpc) is 3.62. The van der Waals surface area contributed by atoms with Gasteiger partial charge in [0.05, 0.1) is 36.0 Å². The highest BCUT2D eigenvalue weighted by Gasteiger charge is 2.38. The zero-order chi connectivity index (χ0) is 39.6. The minimum atomic E-state index is -0.324. The highest BCUT2D eigenvalue weighted by Crippen LogP contribution is 2.41. The quantitative estimate of drug-likeness (QED) is 0.247. The lowest BCUT2D eigenvalue weighted by Crippen LogP contribution is -2.56. The number of carbonyl (C=O) groups is 2. The fourth-order valence-corrected chi connectivity index (χ4v) is 9.58. The van der Waals surface area contributed by atoms with Crippen LogP contribution in [0.2, 0.25) is 0 Å². The zero-order valence-electron chi connectivity index (χ0n) is 33.3. The van der Waals surface area contributed by atoms with E-state index in [4.69, 9.17) is 19.4 Å². The molecular weight excluding hydrogens is 723 g/mol. The normalized spacial score (nSPS) is 20.6. The third-order valence-corrected chi connectivity index (χ3v) is 12.4. The number of nitrogens with one attached hydrogen (secondary N) is 2. The highest BCUT2D eigenvalue weighted by molar-refractivity contribution is 6.06. The first-order valence-corrected chi connectivity index (χ1v) is 20.1. The molecule has 0 spiro atoms. The predicted octanol–water partition coefficient (Wildman–Crippen LogP) is 5.02. The van der Waals surface area contributed by atoms with Gasteiger partial charge >= 0.3 is 0 Å². The molecule has 2 fully saturated rings. The van der Waals surface area contributed by atoms with Gasteiger partial charge in [-0.15, -0.1) is 0 Å². The predicted molar refractivity (Wildman–Crippen MR) is 219 cm³/mol. The Morgan fingerprint density at radius 3 is 2.61 bits per heavy atom. The number of pyridine rings is 1. The molecule has 5 aliphatic rings. The number of aromatic nitrogens is 4. The van der Waals surface area contributed by atoms with Crippen LogP contribution in [0.1, 0.15) is 66.6 Å². The molecule has 1 atom stereocenters. The number of amides is 2. The molecule has 2 saturated heterocycles. The molecule has 0 saturated carbocycles. The van der Waals surface area contributed by atoms with Crippen LogP contribution >= 0.6 is 0 Å². The summed E-state index contributed by atoms with van der Waals surface area (Å²) in [6.07, 6.45) is 6.97. The van der Waals surface area contributed by atoms with Gasteiger partial charge in [-0.25, -0.2) is 9.97 Å². The van der Waals surface area contributed by atoms with Crippen molar-refractivity contribution in [3.63, 3.8) is 0 Å². The van der Waals surface area contributed by atoms with Crippen molar-refractivity contribution in [3.05, 3.63) is 87.7 Å². The van der Waals surface area contributed by atoms with Gasteiger partial charge in [0.1, 0.15) is 11.5 Å². The molecule has 4 aliphatic heterocycles. The Labute approximate surface area is 332 Å². The summed E-state index contributed by atoms with van der Waals surface area (Å²) in [6.45, 7) is 16.2. The van der Waals surface area contributed by atoms with Gasteiger partial charge in [-0.05, 0) is 80.0 Å². The summed E-state index contributed by atoms with van der Waals surface area (Å²) >= 11 is 0. The maximum absolute atomic E-state index is 14.1. The molecule has 1 aromatic carbocycles. The molecule has 298 valence electrons. The molecule has 4 aromatic rings. The molecule has 0 radical (unpaired) electrons. The standard InChI is InChI=1S/C43H51N9O5/c1-6-37(53)46-32-20-28(7-8-33(32)50-14-13-49(23-26(50)2)29-10-17-56-18-11-29)45-39-42(55)48(5)36-25-57-24-31-30(38(36)47-39)9-12-44-40(31)52-16-15-51-34(41(52)54)19-27-21-43(3,4)22-35(27)51/h6-9,12,19-20,26,29H,1,10-11,13-18,21-25H2,2-5H3,(H,45,47)(H,46,53)/t26-/m0/s1. The van der Waals surface area contributed by atoms with Crippen LogP contribution in [0.25, 0.3) is 11.3 Å². The summed E-state index contributed by atoms with van der Waals surface area (Å²) in [5.41, 5.74) is 7.93. The Bertz CT molecular complexity index is 2340. The van der Waals surface area contributed by atoms with Gasteiger partial charge in [0, 0.05) is 93.8 Å². The smallest absolute Gasteiger partial charge is 0.293 e. The Balaban J connectivity index is 1.02. The molecule has 14 heteroatoms. The summed E-state index contributed by atoms with van der Waals surface area (Å²) in [7, 11) is 1.72. The minimum Gasteiger partial charge on any atom is -0.381 e. The van der Waals surface area contributed by atoms with Crippen molar-refractivity contribution in [2.45, 2.75) is 78.3 Å². The summed E-state index contributed by atoms with van der Waals surface area (Å²) < 4.78 is 15.5.